The molecule has 2 atom stereocenters. The van der Waals surface area contributed by atoms with Crippen LogP contribution in [0.2, 0.25) is 0 Å². The second-order valence-electron chi connectivity index (χ2n) is 6.90. The lowest BCUT2D eigenvalue weighted by Gasteiger charge is -2.28. The molecule has 2 N–H and O–H groups in total. The summed E-state index contributed by atoms with van der Waals surface area (Å²) in [6.07, 6.45) is 1.31. The minimum absolute atomic E-state index is 0.0266. The van der Waals surface area contributed by atoms with Crippen LogP contribution in [0.5, 0.6) is 0 Å². The predicted octanol–water partition coefficient (Wildman–Crippen LogP) is 2.02. The van der Waals surface area contributed by atoms with Crippen LogP contribution < -0.4 is 15.5 Å². The van der Waals surface area contributed by atoms with Crippen molar-refractivity contribution < 1.29 is 9.59 Å². The number of thioether (sulfide) groups is 1. The summed E-state index contributed by atoms with van der Waals surface area (Å²) in [4.78, 5) is 26.0. The number of anilines is 1. The van der Waals surface area contributed by atoms with Gasteiger partial charge in [-0.05, 0) is 30.0 Å². The highest BCUT2D eigenvalue weighted by molar-refractivity contribution is 7.99. The minimum Gasteiger partial charge on any atom is -0.370 e. The molecule has 6 heteroatoms. The van der Waals surface area contributed by atoms with E-state index in [1.54, 1.807) is 0 Å². The van der Waals surface area contributed by atoms with Crippen molar-refractivity contribution in [2.24, 2.45) is 11.8 Å². The van der Waals surface area contributed by atoms with E-state index in [1.165, 1.54) is 17.2 Å². The molecule has 1 aromatic carbocycles. The first kappa shape index (κ1) is 18.1. The van der Waals surface area contributed by atoms with Crippen LogP contribution in [0.3, 0.4) is 0 Å². The predicted molar refractivity (Wildman–Crippen MR) is 103 cm³/mol. The van der Waals surface area contributed by atoms with Gasteiger partial charge in [0.1, 0.15) is 0 Å². The maximum atomic E-state index is 11.9. The van der Waals surface area contributed by atoms with Crippen LogP contribution in [-0.2, 0) is 16.1 Å². The summed E-state index contributed by atoms with van der Waals surface area (Å²) in [6.45, 7) is 5.23. The summed E-state index contributed by atoms with van der Waals surface area (Å²) in [5, 5.41) is 5.76. The fraction of sp³-hybridized carbons (Fsp3) is 0.579. The lowest BCUT2D eigenvalue weighted by molar-refractivity contribution is -0.123. The molecule has 2 fully saturated rings. The topological polar surface area (TPSA) is 61.4 Å². The zero-order valence-corrected chi connectivity index (χ0v) is 15.6. The van der Waals surface area contributed by atoms with Gasteiger partial charge in [0.2, 0.25) is 11.8 Å². The van der Waals surface area contributed by atoms with Gasteiger partial charge < -0.3 is 15.5 Å². The van der Waals surface area contributed by atoms with Crippen molar-refractivity contribution >= 4 is 29.3 Å². The maximum Gasteiger partial charge on any atom is 0.223 e. The van der Waals surface area contributed by atoms with E-state index in [1.807, 2.05) is 11.8 Å². The number of rotatable bonds is 7. The van der Waals surface area contributed by atoms with Gasteiger partial charge in [-0.2, -0.15) is 11.8 Å². The van der Waals surface area contributed by atoms with Crippen molar-refractivity contribution in [2.75, 3.05) is 36.0 Å². The third-order valence-corrected chi connectivity index (χ3v) is 5.84. The molecule has 1 saturated heterocycles. The molecular weight excluding hydrogens is 334 g/mol. The number of hydrogen-bond donors (Lipinski definition) is 2. The Morgan fingerprint density at radius 1 is 1.16 bits per heavy atom. The molecular formula is C19H27N3O2S. The third-order valence-electron chi connectivity index (χ3n) is 4.90. The summed E-state index contributed by atoms with van der Waals surface area (Å²) in [5.41, 5.74) is 2.35. The third kappa shape index (κ3) is 5.39. The fourth-order valence-corrected chi connectivity index (χ4v) is 3.96. The normalized spacial score (nSPS) is 22.4. The molecule has 1 saturated carbocycles. The van der Waals surface area contributed by atoms with Crippen LogP contribution in [0.1, 0.15) is 25.3 Å². The Balaban J connectivity index is 1.34. The van der Waals surface area contributed by atoms with Gasteiger partial charge in [-0.25, -0.2) is 0 Å². The second-order valence-corrected chi connectivity index (χ2v) is 8.13. The Bertz CT molecular complexity index is 599. The van der Waals surface area contributed by atoms with E-state index >= 15 is 0 Å². The second kappa shape index (κ2) is 8.61. The van der Waals surface area contributed by atoms with Gasteiger partial charge in [0.15, 0.2) is 0 Å². The van der Waals surface area contributed by atoms with Gasteiger partial charge in [0.05, 0.1) is 0 Å². The van der Waals surface area contributed by atoms with Gasteiger partial charge in [-0.1, -0.05) is 19.1 Å². The molecule has 0 radical (unpaired) electrons. The summed E-state index contributed by atoms with van der Waals surface area (Å²) in [7, 11) is 0. The zero-order valence-electron chi connectivity index (χ0n) is 14.8. The monoisotopic (exact) mass is 361 g/mol. The molecule has 136 valence electrons. The Morgan fingerprint density at radius 2 is 1.84 bits per heavy atom. The molecule has 0 aromatic heterocycles. The zero-order chi connectivity index (χ0) is 17.6. The molecule has 25 heavy (non-hydrogen) atoms. The largest absolute Gasteiger partial charge is 0.370 e. The van der Waals surface area contributed by atoms with Crippen molar-refractivity contribution in [1.82, 2.24) is 10.6 Å². The molecule has 1 aromatic rings. The first-order chi connectivity index (χ1) is 12.1. The highest BCUT2D eigenvalue weighted by atomic mass is 32.2. The van der Waals surface area contributed by atoms with E-state index in [9.17, 15) is 9.59 Å². The van der Waals surface area contributed by atoms with Gasteiger partial charge in [-0.15, -0.1) is 0 Å². The molecule has 3 rings (SSSR count). The number of carbonyl (C=O) groups excluding carboxylic acids is 2. The number of hydrogen-bond acceptors (Lipinski definition) is 4. The van der Waals surface area contributed by atoms with Gasteiger partial charge in [0, 0.05) is 55.7 Å². The van der Waals surface area contributed by atoms with Gasteiger partial charge in [-0.3, -0.25) is 9.59 Å². The number of benzene rings is 1. The molecule has 2 aliphatic rings. The smallest absolute Gasteiger partial charge is 0.223 e. The first-order valence-electron chi connectivity index (χ1n) is 9.09. The summed E-state index contributed by atoms with van der Waals surface area (Å²) < 4.78 is 0. The highest BCUT2D eigenvalue weighted by Crippen LogP contribution is 2.37. The average Bonchev–Trinajstić information content (AvgIpc) is 3.38. The molecule has 1 aliphatic carbocycles. The Kier molecular flexibility index (Phi) is 6.24. The molecule has 0 bridgehead atoms. The van der Waals surface area contributed by atoms with Crippen LogP contribution >= 0.6 is 11.8 Å². The van der Waals surface area contributed by atoms with E-state index in [-0.39, 0.29) is 17.7 Å². The molecule has 5 nitrogen and oxygen atoms in total. The molecule has 1 aliphatic heterocycles. The van der Waals surface area contributed by atoms with Crippen molar-refractivity contribution in [2.45, 2.75) is 26.3 Å². The number of nitrogens with zero attached hydrogens (tertiary/aromatic N) is 1. The van der Waals surface area contributed by atoms with Crippen molar-refractivity contribution in [3.63, 3.8) is 0 Å². The number of carbonyl (C=O) groups is 2. The fourth-order valence-electron chi connectivity index (χ4n) is 3.05. The van der Waals surface area contributed by atoms with E-state index in [4.69, 9.17) is 0 Å². The molecule has 2 amide bonds. The molecule has 0 spiro atoms. The van der Waals surface area contributed by atoms with E-state index in [2.05, 4.69) is 46.7 Å². The minimum atomic E-state index is -0.0266. The lowest BCUT2D eigenvalue weighted by atomic mass is 10.2. The Morgan fingerprint density at radius 3 is 2.48 bits per heavy atom. The van der Waals surface area contributed by atoms with E-state index in [0.717, 1.165) is 25.1 Å². The van der Waals surface area contributed by atoms with E-state index in [0.29, 0.717) is 25.4 Å². The molecule has 0 unspecified atom stereocenters. The Labute approximate surface area is 153 Å². The van der Waals surface area contributed by atoms with Crippen LogP contribution in [0.4, 0.5) is 5.69 Å². The van der Waals surface area contributed by atoms with E-state index < -0.39 is 0 Å². The number of amides is 2. The summed E-state index contributed by atoms with van der Waals surface area (Å²) in [6, 6.07) is 8.42. The van der Waals surface area contributed by atoms with Crippen molar-refractivity contribution in [3.05, 3.63) is 29.8 Å². The number of nitrogens with one attached hydrogen (secondary N) is 2. The molecule has 1 heterocycles. The van der Waals surface area contributed by atoms with Crippen molar-refractivity contribution in [3.8, 4) is 0 Å². The quantitative estimate of drug-likeness (QED) is 0.780. The summed E-state index contributed by atoms with van der Waals surface area (Å²) >= 11 is 2.01. The first-order valence-corrected chi connectivity index (χ1v) is 10.2. The lowest BCUT2D eigenvalue weighted by Crippen LogP contribution is -2.32. The van der Waals surface area contributed by atoms with Crippen LogP contribution in [0, 0.1) is 11.8 Å². The standard InChI is InChI=1S/C19H27N3O2S/c1-14-12-17(14)19(24)20-7-6-18(23)21-13-15-2-4-16(5-3-15)22-8-10-25-11-9-22/h2-5,14,17H,6-13H2,1H3,(H,20,24)(H,21,23)/t14-,17-/m0/s1. The van der Waals surface area contributed by atoms with Gasteiger partial charge >= 0.3 is 0 Å². The SMILES string of the molecule is C[C@H]1C[C@@H]1C(=O)NCCC(=O)NCc1ccc(N2CCSCC2)cc1. The van der Waals surface area contributed by atoms with Crippen LogP contribution in [0.15, 0.2) is 24.3 Å². The summed E-state index contributed by atoms with van der Waals surface area (Å²) in [5.74, 6) is 3.11. The maximum absolute atomic E-state index is 11.9. The Hall–Kier alpha value is -1.69. The van der Waals surface area contributed by atoms with Crippen LogP contribution in [0.25, 0.3) is 0 Å². The average molecular weight is 362 g/mol. The van der Waals surface area contributed by atoms with Gasteiger partial charge in [0.25, 0.3) is 0 Å². The van der Waals surface area contributed by atoms with Crippen molar-refractivity contribution in [1.29, 1.82) is 0 Å². The highest BCUT2D eigenvalue weighted by Gasteiger charge is 2.38. The van der Waals surface area contributed by atoms with Crippen LogP contribution in [-0.4, -0.2) is 43.0 Å².